The van der Waals surface area contributed by atoms with Gasteiger partial charge in [0.1, 0.15) is 0 Å². The fourth-order valence-electron chi connectivity index (χ4n) is 1.26. The van der Waals surface area contributed by atoms with E-state index in [0.717, 1.165) is 0 Å². The Balaban J connectivity index is 2.83. The summed E-state index contributed by atoms with van der Waals surface area (Å²) in [6.45, 7) is 3.40. The third-order valence-corrected chi connectivity index (χ3v) is 2.22. The predicted octanol–water partition coefficient (Wildman–Crippen LogP) is 2.55. The maximum Gasteiger partial charge on any atom is 0.162 e. The van der Waals surface area contributed by atoms with Gasteiger partial charge in [0.2, 0.25) is 0 Å². The molecule has 1 unspecified atom stereocenters. The third-order valence-electron chi connectivity index (χ3n) is 2.22. The summed E-state index contributed by atoms with van der Waals surface area (Å²) in [4.78, 5) is 0. The number of halogens is 2. The highest BCUT2D eigenvalue weighted by Gasteiger charge is 2.10. The van der Waals surface area contributed by atoms with E-state index in [4.69, 9.17) is 5.73 Å². The molecule has 0 heterocycles. The van der Waals surface area contributed by atoms with Crippen molar-refractivity contribution < 1.29 is 8.78 Å². The van der Waals surface area contributed by atoms with Gasteiger partial charge in [-0.1, -0.05) is 12.1 Å². The first kappa shape index (κ1) is 11.1. The average molecular weight is 199 g/mol. The molecule has 0 amide bonds. The highest BCUT2D eigenvalue weighted by Crippen LogP contribution is 2.17. The zero-order chi connectivity index (χ0) is 10.7. The summed E-state index contributed by atoms with van der Waals surface area (Å²) in [7, 11) is 0. The SMILES string of the molecule is Cc1ccc(CCC(C)N)c(F)c1F. The minimum absolute atomic E-state index is 0.0127. The van der Waals surface area contributed by atoms with Crippen LogP contribution in [-0.2, 0) is 6.42 Å². The first-order valence-electron chi connectivity index (χ1n) is 4.71. The molecule has 0 saturated heterocycles. The predicted molar refractivity (Wildman–Crippen MR) is 53.1 cm³/mol. The molecule has 0 bridgehead atoms. The lowest BCUT2D eigenvalue weighted by molar-refractivity contribution is 0.489. The topological polar surface area (TPSA) is 26.0 Å². The van der Waals surface area contributed by atoms with Crippen molar-refractivity contribution in [1.29, 1.82) is 0 Å². The summed E-state index contributed by atoms with van der Waals surface area (Å²) in [5.74, 6) is -1.47. The monoisotopic (exact) mass is 199 g/mol. The molecule has 1 atom stereocenters. The fourth-order valence-corrected chi connectivity index (χ4v) is 1.26. The molecule has 0 aliphatic carbocycles. The third kappa shape index (κ3) is 2.51. The van der Waals surface area contributed by atoms with E-state index < -0.39 is 11.6 Å². The standard InChI is InChI=1S/C11H15F2N/c1-7-3-5-9(6-4-8(2)14)11(13)10(7)12/h3,5,8H,4,6,14H2,1-2H3. The van der Waals surface area contributed by atoms with Crippen LogP contribution in [0.1, 0.15) is 24.5 Å². The molecule has 14 heavy (non-hydrogen) atoms. The molecular weight excluding hydrogens is 184 g/mol. The van der Waals surface area contributed by atoms with E-state index in [-0.39, 0.29) is 6.04 Å². The van der Waals surface area contributed by atoms with Crippen LogP contribution in [-0.4, -0.2) is 6.04 Å². The molecule has 0 spiro atoms. The Morgan fingerprint density at radius 1 is 1.29 bits per heavy atom. The van der Waals surface area contributed by atoms with Gasteiger partial charge >= 0.3 is 0 Å². The quantitative estimate of drug-likeness (QED) is 0.795. The van der Waals surface area contributed by atoms with Crippen LogP contribution in [0.25, 0.3) is 0 Å². The maximum atomic E-state index is 13.3. The first-order valence-corrected chi connectivity index (χ1v) is 4.71. The van der Waals surface area contributed by atoms with Crippen LogP contribution in [0, 0.1) is 18.6 Å². The van der Waals surface area contributed by atoms with E-state index >= 15 is 0 Å². The zero-order valence-corrected chi connectivity index (χ0v) is 8.48. The average Bonchev–Trinajstić information content (AvgIpc) is 2.13. The van der Waals surface area contributed by atoms with Crippen LogP contribution in [0.2, 0.25) is 0 Å². The molecule has 0 radical (unpaired) electrons. The van der Waals surface area contributed by atoms with Crippen molar-refractivity contribution in [1.82, 2.24) is 0 Å². The fraction of sp³-hybridized carbons (Fsp3) is 0.455. The van der Waals surface area contributed by atoms with Crippen molar-refractivity contribution >= 4 is 0 Å². The van der Waals surface area contributed by atoms with E-state index in [2.05, 4.69) is 0 Å². The Labute approximate surface area is 82.9 Å². The van der Waals surface area contributed by atoms with Gasteiger partial charge in [0, 0.05) is 6.04 Å². The number of benzene rings is 1. The number of hydrogen-bond acceptors (Lipinski definition) is 1. The molecular formula is C11H15F2N. The summed E-state index contributed by atoms with van der Waals surface area (Å²) in [5.41, 5.74) is 6.29. The molecule has 1 rings (SSSR count). The van der Waals surface area contributed by atoms with Crippen molar-refractivity contribution in [2.24, 2.45) is 5.73 Å². The van der Waals surface area contributed by atoms with Crippen molar-refractivity contribution in [3.63, 3.8) is 0 Å². The van der Waals surface area contributed by atoms with Crippen molar-refractivity contribution in [2.45, 2.75) is 32.7 Å². The van der Waals surface area contributed by atoms with E-state index in [0.29, 0.717) is 24.0 Å². The van der Waals surface area contributed by atoms with Crippen LogP contribution in [0.4, 0.5) is 8.78 Å². The van der Waals surface area contributed by atoms with Crippen LogP contribution >= 0.6 is 0 Å². The Kier molecular flexibility index (Phi) is 3.58. The van der Waals surface area contributed by atoms with Gasteiger partial charge in [-0.3, -0.25) is 0 Å². The van der Waals surface area contributed by atoms with Gasteiger partial charge in [0.05, 0.1) is 0 Å². The van der Waals surface area contributed by atoms with Crippen LogP contribution < -0.4 is 5.73 Å². The second-order valence-electron chi connectivity index (χ2n) is 3.69. The van der Waals surface area contributed by atoms with Crippen LogP contribution in [0.15, 0.2) is 12.1 Å². The molecule has 0 aromatic heterocycles. The molecule has 3 heteroatoms. The molecule has 1 aromatic rings. The van der Waals surface area contributed by atoms with Crippen LogP contribution in [0.3, 0.4) is 0 Å². The molecule has 0 saturated carbocycles. The van der Waals surface area contributed by atoms with Gasteiger partial charge in [-0.25, -0.2) is 8.78 Å². The summed E-state index contributed by atoms with van der Waals surface area (Å²) < 4.78 is 26.4. The lowest BCUT2D eigenvalue weighted by atomic mass is 10.0. The van der Waals surface area contributed by atoms with Gasteiger partial charge in [0.25, 0.3) is 0 Å². The van der Waals surface area contributed by atoms with Gasteiger partial charge in [0.15, 0.2) is 11.6 Å². The van der Waals surface area contributed by atoms with Crippen molar-refractivity contribution in [3.05, 3.63) is 34.9 Å². The van der Waals surface area contributed by atoms with E-state index in [1.807, 2.05) is 6.92 Å². The maximum absolute atomic E-state index is 13.3. The Bertz CT molecular complexity index is 321. The number of rotatable bonds is 3. The normalized spacial score (nSPS) is 12.9. The largest absolute Gasteiger partial charge is 0.328 e. The van der Waals surface area contributed by atoms with E-state index in [9.17, 15) is 8.78 Å². The van der Waals surface area contributed by atoms with Gasteiger partial charge in [-0.05, 0) is 37.8 Å². The van der Waals surface area contributed by atoms with E-state index in [1.165, 1.54) is 0 Å². The number of aryl methyl sites for hydroxylation is 2. The summed E-state index contributed by atoms with van der Waals surface area (Å²) in [6, 6.07) is 3.23. The number of nitrogens with two attached hydrogens (primary N) is 1. The summed E-state index contributed by atoms with van der Waals surface area (Å²) in [6.07, 6.45) is 1.15. The first-order chi connectivity index (χ1) is 6.52. The Morgan fingerprint density at radius 2 is 1.93 bits per heavy atom. The minimum atomic E-state index is -0.743. The van der Waals surface area contributed by atoms with E-state index in [1.54, 1.807) is 19.1 Å². The van der Waals surface area contributed by atoms with Crippen molar-refractivity contribution in [3.8, 4) is 0 Å². The molecule has 1 aromatic carbocycles. The van der Waals surface area contributed by atoms with Gasteiger partial charge < -0.3 is 5.73 Å². The Hall–Kier alpha value is -0.960. The molecule has 1 nitrogen and oxygen atoms in total. The summed E-state index contributed by atoms with van der Waals surface area (Å²) in [5, 5.41) is 0. The van der Waals surface area contributed by atoms with Gasteiger partial charge in [-0.15, -0.1) is 0 Å². The van der Waals surface area contributed by atoms with Crippen molar-refractivity contribution in [2.75, 3.05) is 0 Å². The molecule has 0 fully saturated rings. The molecule has 2 N–H and O–H groups in total. The molecule has 0 aliphatic heterocycles. The van der Waals surface area contributed by atoms with Crippen LogP contribution in [0.5, 0.6) is 0 Å². The lowest BCUT2D eigenvalue weighted by Gasteiger charge is -2.07. The Morgan fingerprint density at radius 3 is 2.50 bits per heavy atom. The lowest BCUT2D eigenvalue weighted by Crippen LogP contribution is -2.15. The number of hydrogen-bond donors (Lipinski definition) is 1. The minimum Gasteiger partial charge on any atom is -0.328 e. The molecule has 78 valence electrons. The summed E-state index contributed by atoms with van der Waals surface area (Å²) >= 11 is 0. The second-order valence-corrected chi connectivity index (χ2v) is 3.69. The highest BCUT2D eigenvalue weighted by molar-refractivity contribution is 5.25. The highest BCUT2D eigenvalue weighted by atomic mass is 19.2. The van der Waals surface area contributed by atoms with Gasteiger partial charge in [-0.2, -0.15) is 0 Å². The second kappa shape index (κ2) is 4.51. The molecule has 0 aliphatic rings. The zero-order valence-electron chi connectivity index (χ0n) is 8.48. The smallest absolute Gasteiger partial charge is 0.162 e.